The van der Waals surface area contributed by atoms with Crippen molar-refractivity contribution in [3.63, 3.8) is 0 Å². The number of carbonyl (C=O) groups excluding carboxylic acids is 1. The fourth-order valence-electron chi connectivity index (χ4n) is 2.62. The minimum absolute atomic E-state index is 0.155. The van der Waals surface area contributed by atoms with Crippen LogP contribution < -0.4 is 5.32 Å². The van der Waals surface area contributed by atoms with Crippen LogP contribution in [0.5, 0.6) is 0 Å². The van der Waals surface area contributed by atoms with Gasteiger partial charge in [0.2, 0.25) is 5.89 Å². The highest BCUT2D eigenvalue weighted by Gasteiger charge is 2.19. The van der Waals surface area contributed by atoms with Crippen molar-refractivity contribution in [3.8, 4) is 11.5 Å². The number of carbonyl (C=O) groups is 1. The van der Waals surface area contributed by atoms with Gasteiger partial charge in [0.15, 0.2) is 5.69 Å². The summed E-state index contributed by atoms with van der Waals surface area (Å²) < 4.78 is 15.9. The number of ether oxygens (including phenoxy) is 2. The van der Waals surface area contributed by atoms with Crippen LogP contribution in [0.2, 0.25) is 0 Å². The van der Waals surface area contributed by atoms with Crippen molar-refractivity contribution in [1.82, 2.24) is 10.3 Å². The number of nitrogens with one attached hydrogen (secondary N) is 1. The Morgan fingerprint density at radius 2 is 2.07 bits per heavy atom. The molecular weight excluding hydrogens is 376 g/mol. The third kappa shape index (κ3) is 7.25. The smallest absolute Gasteiger partial charge is 0.360 e. The highest BCUT2D eigenvalue weighted by Crippen LogP contribution is 2.26. The van der Waals surface area contributed by atoms with Crippen molar-refractivity contribution in [3.05, 3.63) is 41.3 Å². The van der Waals surface area contributed by atoms with Gasteiger partial charge in [-0.05, 0) is 52.3 Å². The van der Waals surface area contributed by atoms with E-state index in [-0.39, 0.29) is 11.7 Å². The van der Waals surface area contributed by atoms with Gasteiger partial charge in [-0.15, -0.1) is 0 Å². The fourth-order valence-corrected chi connectivity index (χ4v) is 2.62. The SMILES string of the molecule is CC(C)(C)OO.CCOC(=O)c1coc(-c2cc(C)cc([C@@H]3COCCN3)c2)n1. The first kappa shape index (κ1) is 23.0. The standard InChI is InChI=1S/C17H20N2O4.C4H10O2/c1-3-22-17(20)15-10-23-16(19-15)13-7-11(2)6-12(8-13)14-9-21-5-4-18-14;1-4(2,3)6-5/h6-8,10,14,18H,3-5,9H2,1-2H3;5H,1-3H3/t14-;/m0./s1. The Morgan fingerprint density at radius 1 is 1.34 bits per heavy atom. The summed E-state index contributed by atoms with van der Waals surface area (Å²) in [6.45, 7) is 11.6. The van der Waals surface area contributed by atoms with E-state index >= 15 is 0 Å². The summed E-state index contributed by atoms with van der Waals surface area (Å²) in [6.07, 6.45) is 1.33. The normalized spacial score (nSPS) is 16.7. The number of aromatic nitrogens is 1. The lowest BCUT2D eigenvalue weighted by Gasteiger charge is -2.24. The predicted octanol–water partition coefficient (Wildman–Crippen LogP) is 3.76. The topological polar surface area (TPSA) is 103 Å². The van der Waals surface area contributed by atoms with Gasteiger partial charge in [-0.1, -0.05) is 11.6 Å². The molecule has 0 saturated carbocycles. The first-order chi connectivity index (χ1) is 13.7. The van der Waals surface area contributed by atoms with Crippen LogP contribution in [0, 0.1) is 6.92 Å². The van der Waals surface area contributed by atoms with Gasteiger partial charge in [-0.2, -0.15) is 0 Å². The van der Waals surface area contributed by atoms with Crippen LogP contribution in [0.1, 0.15) is 55.4 Å². The Bertz CT molecular complexity index is 791. The molecular formula is C21H30N2O6. The van der Waals surface area contributed by atoms with Crippen LogP contribution in [0.4, 0.5) is 0 Å². The molecule has 1 fully saturated rings. The van der Waals surface area contributed by atoms with Crippen LogP contribution in [-0.4, -0.2) is 48.2 Å². The Balaban J connectivity index is 0.000000438. The number of hydrogen-bond donors (Lipinski definition) is 2. The zero-order chi connectivity index (χ0) is 21.4. The van der Waals surface area contributed by atoms with E-state index < -0.39 is 11.6 Å². The third-order valence-electron chi connectivity index (χ3n) is 3.93. The molecule has 0 spiro atoms. The van der Waals surface area contributed by atoms with Crippen molar-refractivity contribution in [2.24, 2.45) is 0 Å². The molecule has 8 heteroatoms. The maximum absolute atomic E-state index is 11.7. The average molecular weight is 406 g/mol. The van der Waals surface area contributed by atoms with E-state index in [0.717, 1.165) is 29.8 Å². The first-order valence-corrected chi connectivity index (χ1v) is 9.61. The van der Waals surface area contributed by atoms with E-state index in [1.165, 1.54) is 6.26 Å². The van der Waals surface area contributed by atoms with E-state index in [2.05, 4.69) is 21.3 Å². The monoisotopic (exact) mass is 406 g/mol. The van der Waals surface area contributed by atoms with Crippen molar-refractivity contribution in [2.75, 3.05) is 26.4 Å². The largest absolute Gasteiger partial charge is 0.461 e. The van der Waals surface area contributed by atoms with Gasteiger partial charge in [0.25, 0.3) is 0 Å². The van der Waals surface area contributed by atoms with Crippen LogP contribution in [0.15, 0.2) is 28.9 Å². The van der Waals surface area contributed by atoms with Crippen molar-refractivity contribution >= 4 is 5.97 Å². The summed E-state index contributed by atoms with van der Waals surface area (Å²) in [5.41, 5.74) is 2.84. The molecule has 1 aromatic carbocycles. The van der Waals surface area contributed by atoms with Crippen LogP contribution >= 0.6 is 0 Å². The highest BCUT2D eigenvalue weighted by molar-refractivity contribution is 5.87. The zero-order valence-electron chi connectivity index (χ0n) is 17.7. The van der Waals surface area contributed by atoms with Gasteiger partial charge in [-0.25, -0.2) is 14.7 Å². The van der Waals surface area contributed by atoms with E-state index in [4.69, 9.17) is 19.1 Å². The van der Waals surface area contributed by atoms with Gasteiger partial charge in [0.05, 0.1) is 31.5 Å². The molecule has 1 aliphatic rings. The molecule has 1 atom stereocenters. The predicted molar refractivity (Wildman–Crippen MR) is 108 cm³/mol. The number of hydrogen-bond acceptors (Lipinski definition) is 8. The number of esters is 1. The molecule has 1 saturated heterocycles. The van der Waals surface area contributed by atoms with E-state index in [1.54, 1.807) is 27.7 Å². The molecule has 0 radical (unpaired) electrons. The van der Waals surface area contributed by atoms with Gasteiger partial charge in [0.1, 0.15) is 6.26 Å². The quantitative estimate of drug-likeness (QED) is 0.449. The summed E-state index contributed by atoms with van der Waals surface area (Å²) in [5.74, 6) is -0.0625. The van der Waals surface area contributed by atoms with E-state index in [9.17, 15) is 4.79 Å². The number of oxazole rings is 1. The Labute approximate surface area is 171 Å². The molecule has 8 nitrogen and oxygen atoms in total. The molecule has 1 aromatic heterocycles. The molecule has 2 heterocycles. The van der Waals surface area contributed by atoms with Gasteiger partial charge < -0.3 is 19.2 Å². The summed E-state index contributed by atoms with van der Waals surface area (Å²) in [6, 6.07) is 6.26. The van der Waals surface area contributed by atoms with Crippen molar-refractivity contribution < 1.29 is 28.8 Å². The maximum atomic E-state index is 11.7. The second kappa shape index (κ2) is 10.5. The number of nitrogens with zero attached hydrogens (tertiary/aromatic N) is 1. The fraction of sp³-hybridized carbons (Fsp3) is 0.524. The number of rotatable bonds is 4. The Hall–Kier alpha value is -2.26. The molecule has 0 aliphatic carbocycles. The average Bonchev–Trinajstić information content (AvgIpc) is 3.19. The minimum atomic E-state index is -0.474. The lowest BCUT2D eigenvalue weighted by atomic mass is 10.0. The third-order valence-corrected chi connectivity index (χ3v) is 3.93. The first-order valence-electron chi connectivity index (χ1n) is 9.61. The molecule has 29 heavy (non-hydrogen) atoms. The molecule has 160 valence electrons. The van der Waals surface area contributed by atoms with E-state index in [1.807, 2.05) is 19.1 Å². The minimum Gasteiger partial charge on any atom is -0.461 e. The molecule has 2 N–H and O–H groups in total. The molecule has 1 aliphatic heterocycles. The van der Waals surface area contributed by atoms with Crippen LogP contribution in [0.3, 0.4) is 0 Å². The lowest BCUT2D eigenvalue weighted by Crippen LogP contribution is -2.34. The summed E-state index contributed by atoms with van der Waals surface area (Å²) in [7, 11) is 0. The zero-order valence-corrected chi connectivity index (χ0v) is 17.7. The molecule has 2 aromatic rings. The molecule has 0 amide bonds. The summed E-state index contributed by atoms with van der Waals surface area (Å²) in [5, 5.41) is 11.3. The van der Waals surface area contributed by atoms with Crippen molar-refractivity contribution in [1.29, 1.82) is 0 Å². The Morgan fingerprint density at radius 3 is 2.66 bits per heavy atom. The molecule has 0 unspecified atom stereocenters. The highest BCUT2D eigenvalue weighted by atomic mass is 17.1. The van der Waals surface area contributed by atoms with E-state index in [0.29, 0.717) is 19.1 Å². The van der Waals surface area contributed by atoms with Gasteiger partial charge >= 0.3 is 5.97 Å². The second-order valence-corrected chi connectivity index (χ2v) is 7.68. The van der Waals surface area contributed by atoms with Gasteiger partial charge in [0, 0.05) is 12.1 Å². The molecule has 3 rings (SSSR count). The molecule has 0 bridgehead atoms. The summed E-state index contributed by atoms with van der Waals surface area (Å²) in [4.78, 5) is 19.9. The number of morpholine rings is 1. The number of aryl methyl sites for hydroxylation is 1. The second-order valence-electron chi connectivity index (χ2n) is 7.68. The lowest BCUT2D eigenvalue weighted by molar-refractivity contribution is -0.306. The van der Waals surface area contributed by atoms with Crippen molar-refractivity contribution in [2.45, 2.75) is 46.3 Å². The van der Waals surface area contributed by atoms with Crippen LogP contribution in [0.25, 0.3) is 11.5 Å². The summed E-state index contributed by atoms with van der Waals surface area (Å²) >= 11 is 0. The maximum Gasteiger partial charge on any atom is 0.360 e. The Kier molecular flexibility index (Phi) is 8.33. The number of benzene rings is 1. The van der Waals surface area contributed by atoms with Gasteiger partial charge in [-0.3, -0.25) is 5.26 Å². The van der Waals surface area contributed by atoms with Crippen LogP contribution in [-0.2, 0) is 14.4 Å².